The quantitative estimate of drug-likeness (QED) is 0.582. The van der Waals surface area contributed by atoms with Crippen molar-refractivity contribution in [3.63, 3.8) is 0 Å². The van der Waals surface area contributed by atoms with Crippen molar-refractivity contribution in [2.45, 2.75) is 31.5 Å². The van der Waals surface area contributed by atoms with Crippen molar-refractivity contribution >= 4 is 5.78 Å². The van der Waals surface area contributed by atoms with Gasteiger partial charge in [-0.1, -0.05) is 38.1 Å². The van der Waals surface area contributed by atoms with Crippen LogP contribution in [-0.2, 0) is 10.2 Å². The van der Waals surface area contributed by atoms with E-state index in [1.807, 2.05) is 24.3 Å². The molecule has 0 spiro atoms. The molecule has 0 unspecified atom stereocenters. The summed E-state index contributed by atoms with van der Waals surface area (Å²) in [5, 5.41) is 0. The number of Topliss-reactive ketones (excluding diaryl/α,β-unsaturated/α-hetero) is 1. The van der Waals surface area contributed by atoms with E-state index in [1.165, 1.54) is 0 Å². The summed E-state index contributed by atoms with van der Waals surface area (Å²) >= 11 is 0. The zero-order valence-electron chi connectivity index (χ0n) is 8.28. The largest absolute Gasteiger partial charge is 0.360 e. The summed E-state index contributed by atoms with van der Waals surface area (Å²) in [6.45, 7) is 4.28. The SMILES string of the molecule is CC1(C)c2ccccc2C(=O)[C@H]2O[C@@H]21. The van der Waals surface area contributed by atoms with Crippen molar-refractivity contribution in [3.8, 4) is 0 Å². The predicted octanol–water partition coefficient (Wildman–Crippen LogP) is 1.93. The van der Waals surface area contributed by atoms with Gasteiger partial charge in [0.25, 0.3) is 0 Å². The summed E-state index contributed by atoms with van der Waals surface area (Å²) in [6, 6.07) is 7.83. The Balaban J connectivity index is 2.26. The Kier molecular flexibility index (Phi) is 1.32. The summed E-state index contributed by atoms with van der Waals surface area (Å²) in [5.41, 5.74) is 1.95. The van der Waals surface area contributed by atoms with Crippen LogP contribution in [-0.4, -0.2) is 18.0 Å². The Labute approximate surface area is 82.9 Å². The number of ketones is 1. The summed E-state index contributed by atoms with van der Waals surface area (Å²) in [5.74, 6) is 0.157. The molecule has 2 aliphatic rings. The Morgan fingerprint density at radius 2 is 2.00 bits per heavy atom. The highest BCUT2D eigenvalue weighted by Gasteiger charge is 2.58. The molecule has 3 rings (SSSR count). The van der Waals surface area contributed by atoms with E-state index in [-0.39, 0.29) is 23.4 Å². The van der Waals surface area contributed by atoms with Crippen LogP contribution in [0.1, 0.15) is 29.8 Å². The Bertz CT molecular complexity index is 420. The number of carbonyl (C=O) groups excluding carboxylic acids is 1. The lowest BCUT2D eigenvalue weighted by Gasteiger charge is -2.28. The molecule has 0 saturated carbocycles. The van der Waals surface area contributed by atoms with Crippen LogP contribution in [0.4, 0.5) is 0 Å². The van der Waals surface area contributed by atoms with Gasteiger partial charge in [-0.25, -0.2) is 0 Å². The van der Waals surface area contributed by atoms with E-state index in [1.54, 1.807) is 0 Å². The van der Waals surface area contributed by atoms with Crippen LogP contribution < -0.4 is 0 Å². The van der Waals surface area contributed by atoms with Gasteiger partial charge in [0.05, 0.1) is 0 Å². The molecule has 2 atom stereocenters. The fraction of sp³-hybridized carbons (Fsp3) is 0.417. The van der Waals surface area contributed by atoms with Crippen molar-refractivity contribution in [2.24, 2.45) is 0 Å². The first-order chi connectivity index (χ1) is 6.62. The van der Waals surface area contributed by atoms with Crippen molar-refractivity contribution < 1.29 is 9.53 Å². The highest BCUT2D eigenvalue weighted by molar-refractivity contribution is 6.04. The molecule has 1 aromatic rings. The minimum absolute atomic E-state index is 0.0187. The molecule has 2 nitrogen and oxygen atoms in total. The number of carbonyl (C=O) groups is 1. The maximum atomic E-state index is 11.8. The molecular formula is C12H12O2. The van der Waals surface area contributed by atoms with E-state index in [4.69, 9.17) is 4.74 Å². The molecular weight excluding hydrogens is 176 g/mol. The summed E-state index contributed by atoms with van der Waals surface area (Å²) in [4.78, 5) is 11.8. The van der Waals surface area contributed by atoms with E-state index in [0.29, 0.717) is 0 Å². The first kappa shape index (κ1) is 8.18. The minimum Gasteiger partial charge on any atom is -0.360 e. The van der Waals surface area contributed by atoms with Gasteiger partial charge in [-0.2, -0.15) is 0 Å². The van der Waals surface area contributed by atoms with Crippen LogP contribution in [0.25, 0.3) is 0 Å². The van der Waals surface area contributed by atoms with E-state index in [0.717, 1.165) is 11.1 Å². The fourth-order valence-electron chi connectivity index (χ4n) is 2.43. The number of benzene rings is 1. The van der Waals surface area contributed by atoms with Gasteiger partial charge < -0.3 is 4.74 Å². The second-order valence-electron chi connectivity index (χ2n) is 4.61. The summed E-state index contributed by atoms with van der Waals surface area (Å²) in [6.07, 6.45) is -0.0650. The predicted molar refractivity (Wildman–Crippen MR) is 52.5 cm³/mol. The molecule has 2 heteroatoms. The molecule has 1 fully saturated rings. The molecule has 1 aromatic carbocycles. The van der Waals surface area contributed by atoms with Crippen LogP contribution in [0.2, 0.25) is 0 Å². The average Bonchev–Trinajstić information content (AvgIpc) is 2.95. The van der Waals surface area contributed by atoms with E-state index < -0.39 is 0 Å². The third-order valence-corrected chi connectivity index (χ3v) is 3.35. The van der Waals surface area contributed by atoms with Crippen LogP contribution in [0.3, 0.4) is 0 Å². The minimum atomic E-state index is -0.167. The Morgan fingerprint density at radius 1 is 1.29 bits per heavy atom. The van der Waals surface area contributed by atoms with E-state index in [9.17, 15) is 4.79 Å². The van der Waals surface area contributed by atoms with Crippen LogP contribution >= 0.6 is 0 Å². The van der Waals surface area contributed by atoms with Crippen LogP contribution in [0, 0.1) is 0 Å². The number of fused-ring (bicyclic) bond motifs is 2. The lowest BCUT2D eigenvalue weighted by molar-refractivity contribution is 0.0951. The lowest BCUT2D eigenvalue weighted by Crippen LogP contribution is -2.35. The normalized spacial score (nSPS) is 32.0. The van der Waals surface area contributed by atoms with Gasteiger partial charge in [0.15, 0.2) is 5.78 Å². The maximum absolute atomic E-state index is 11.8. The Morgan fingerprint density at radius 3 is 2.79 bits per heavy atom. The molecule has 0 N–H and O–H groups in total. The van der Waals surface area contributed by atoms with E-state index in [2.05, 4.69) is 13.8 Å². The maximum Gasteiger partial charge on any atom is 0.194 e. The molecule has 0 aromatic heterocycles. The van der Waals surface area contributed by atoms with Gasteiger partial charge in [0.1, 0.15) is 12.2 Å². The monoisotopic (exact) mass is 188 g/mol. The molecule has 0 bridgehead atoms. The Hall–Kier alpha value is -1.15. The highest BCUT2D eigenvalue weighted by Crippen LogP contribution is 2.47. The van der Waals surface area contributed by atoms with Crippen molar-refractivity contribution in [1.29, 1.82) is 0 Å². The van der Waals surface area contributed by atoms with Crippen LogP contribution in [0.15, 0.2) is 24.3 Å². The smallest absolute Gasteiger partial charge is 0.194 e. The topological polar surface area (TPSA) is 29.6 Å². The fourth-order valence-corrected chi connectivity index (χ4v) is 2.43. The molecule has 0 radical (unpaired) electrons. The van der Waals surface area contributed by atoms with Crippen LogP contribution in [0.5, 0.6) is 0 Å². The lowest BCUT2D eigenvalue weighted by atomic mass is 9.72. The van der Waals surface area contributed by atoms with Gasteiger partial charge >= 0.3 is 0 Å². The number of epoxide rings is 1. The molecule has 72 valence electrons. The molecule has 14 heavy (non-hydrogen) atoms. The number of rotatable bonds is 0. The number of hydrogen-bond donors (Lipinski definition) is 0. The first-order valence-corrected chi connectivity index (χ1v) is 4.91. The third kappa shape index (κ3) is 0.819. The molecule has 1 saturated heterocycles. The third-order valence-electron chi connectivity index (χ3n) is 3.35. The van der Waals surface area contributed by atoms with Gasteiger partial charge in [-0.15, -0.1) is 0 Å². The van der Waals surface area contributed by atoms with Gasteiger partial charge in [0, 0.05) is 11.0 Å². The summed E-state index contributed by atoms with van der Waals surface area (Å²) in [7, 11) is 0. The second kappa shape index (κ2) is 2.26. The molecule has 1 aliphatic carbocycles. The summed E-state index contributed by atoms with van der Waals surface area (Å²) < 4.78 is 5.44. The molecule has 1 heterocycles. The van der Waals surface area contributed by atoms with E-state index >= 15 is 0 Å². The van der Waals surface area contributed by atoms with Crippen molar-refractivity contribution in [1.82, 2.24) is 0 Å². The zero-order valence-corrected chi connectivity index (χ0v) is 8.28. The van der Waals surface area contributed by atoms with Crippen molar-refractivity contribution in [3.05, 3.63) is 35.4 Å². The average molecular weight is 188 g/mol. The van der Waals surface area contributed by atoms with Gasteiger partial charge in [0.2, 0.25) is 0 Å². The van der Waals surface area contributed by atoms with Crippen molar-refractivity contribution in [2.75, 3.05) is 0 Å². The highest BCUT2D eigenvalue weighted by atomic mass is 16.6. The standard InChI is InChI=1S/C12H12O2/c1-12(2)8-6-4-3-5-7(8)9(13)10-11(12)14-10/h3-6,10-11H,1-2H3/t10-,11+/m1/s1. The second-order valence-corrected chi connectivity index (χ2v) is 4.61. The number of hydrogen-bond acceptors (Lipinski definition) is 2. The molecule has 1 aliphatic heterocycles. The van der Waals surface area contributed by atoms with Gasteiger partial charge in [-0.05, 0) is 5.56 Å². The molecule has 0 amide bonds. The number of ether oxygens (including phenoxy) is 1. The zero-order chi connectivity index (χ0) is 9.92. The first-order valence-electron chi connectivity index (χ1n) is 4.91. The van der Waals surface area contributed by atoms with Gasteiger partial charge in [-0.3, -0.25) is 4.79 Å².